The molecule has 3 atom stereocenters. The minimum absolute atomic E-state index is 0.0366. The van der Waals surface area contributed by atoms with Crippen LogP contribution in [0.5, 0.6) is 11.5 Å². The molecule has 2 aliphatic rings. The highest BCUT2D eigenvalue weighted by atomic mass is 33.1. The Bertz CT molecular complexity index is 1030. The summed E-state index contributed by atoms with van der Waals surface area (Å²) in [5.74, 6) is 3.16. The van der Waals surface area contributed by atoms with E-state index in [1.807, 2.05) is 33.4 Å². The average Bonchev–Trinajstić information content (AvgIpc) is 3.14. The number of amides is 1. The van der Waals surface area contributed by atoms with Crippen LogP contribution in [0.3, 0.4) is 0 Å². The number of carbonyl (C=O) groups excluding carboxylic acids is 1. The summed E-state index contributed by atoms with van der Waals surface area (Å²) in [5, 5.41) is 21.8. The van der Waals surface area contributed by atoms with Gasteiger partial charge in [0, 0.05) is 35.1 Å². The van der Waals surface area contributed by atoms with E-state index in [9.17, 15) is 15.0 Å². The lowest BCUT2D eigenvalue weighted by molar-refractivity contribution is -0.0599. The molecule has 0 radical (unpaired) electrons. The third-order valence-corrected chi connectivity index (χ3v) is 10.2. The van der Waals surface area contributed by atoms with Crippen LogP contribution in [-0.4, -0.2) is 50.3 Å². The van der Waals surface area contributed by atoms with Gasteiger partial charge in [-0.3, -0.25) is 4.79 Å². The number of allylic oxidation sites excluding steroid dienone is 4. The number of aliphatic hydroxyl groups is 1. The Labute approximate surface area is 231 Å². The predicted molar refractivity (Wildman–Crippen MR) is 158 cm³/mol. The summed E-state index contributed by atoms with van der Waals surface area (Å²) in [5.41, 5.74) is 3.87. The monoisotopic (exact) mass is 547 g/mol. The number of carbonyl (C=O) groups is 1. The van der Waals surface area contributed by atoms with Crippen LogP contribution >= 0.6 is 21.6 Å². The number of hydrogen-bond acceptors (Lipinski definition) is 6. The molecule has 2 aliphatic heterocycles. The highest BCUT2D eigenvalue weighted by Crippen LogP contribution is 2.46. The second-order valence-corrected chi connectivity index (χ2v) is 14.1. The van der Waals surface area contributed by atoms with Crippen molar-refractivity contribution in [1.29, 1.82) is 0 Å². The Morgan fingerprint density at radius 3 is 2.54 bits per heavy atom. The van der Waals surface area contributed by atoms with E-state index < -0.39 is 11.7 Å². The van der Waals surface area contributed by atoms with Crippen LogP contribution in [-0.2, 0) is 13.0 Å². The van der Waals surface area contributed by atoms with Crippen LogP contribution in [0.1, 0.15) is 95.6 Å². The molecule has 1 aromatic rings. The van der Waals surface area contributed by atoms with Gasteiger partial charge in [0.1, 0.15) is 17.1 Å². The van der Waals surface area contributed by atoms with Gasteiger partial charge >= 0.3 is 0 Å². The van der Waals surface area contributed by atoms with E-state index in [0.29, 0.717) is 42.2 Å². The molecule has 206 valence electrons. The standard InChI is InChI=1S/C30H45NO4S2/c1-19(2)10-8-11-21(5)12-9-13-30(7)27(33)15-24-26(32)14-23-25(28(24)35-30)16-31(29(23)34)22(6)18-37-36-17-20(3)4/h10,12,14,20,22,27,32-33H,8-9,11,13,15-18H2,1-7H3/b21-12+/t22-,27+,30+/m1/s1. The molecular weight excluding hydrogens is 502 g/mol. The molecule has 0 saturated heterocycles. The molecule has 5 nitrogen and oxygen atoms in total. The van der Waals surface area contributed by atoms with Gasteiger partial charge in [0.25, 0.3) is 5.91 Å². The van der Waals surface area contributed by atoms with Crippen LogP contribution in [0.4, 0.5) is 0 Å². The largest absolute Gasteiger partial charge is 0.508 e. The van der Waals surface area contributed by atoms with Crippen LogP contribution in [0, 0.1) is 5.92 Å². The quantitative estimate of drug-likeness (QED) is 0.163. The van der Waals surface area contributed by atoms with Crippen molar-refractivity contribution in [3.05, 3.63) is 46.1 Å². The predicted octanol–water partition coefficient (Wildman–Crippen LogP) is 7.30. The Kier molecular flexibility index (Phi) is 10.5. The van der Waals surface area contributed by atoms with E-state index in [1.165, 1.54) is 11.1 Å². The molecule has 1 aromatic carbocycles. The van der Waals surface area contributed by atoms with Crippen molar-refractivity contribution in [3.63, 3.8) is 0 Å². The SMILES string of the molecule is CC(C)=CCC/C(C)=C/CC[C@]1(C)Oc2c(c(O)cc3c2CN([C@H](C)CSSCC(C)C)C3=O)C[C@@H]1O. The van der Waals surface area contributed by atoms with E-state index >= 15 is 0 Å². The van der Waals surface area contributed by atoms with Gasteiger partial charge in [-0.1, -0.05) is 58.7 Å². The van der Waals surface area contributed by atoms with Crippen molar-refractivity contribution in [1.82, 2.24) is 4.90 Å². The minimum atomic E-state index is -0.781. The summed E-state index contributed by atoms with van der Waals surface area (Å²) in [7, 11) is 3.66. The second-order valence-electron chi connectivity index (χ2n) is 11.5. The molecular formula is C30H45NO4S2. The maximum absolute atomic E-state index is 13.3. The Morgan fingerprint density at radius 1 is 1.16 bits per heavy atom. The Balaban J connectivity index is 1.72. The van der Waals surface area contributed by atoms with Crippen LogP contribution in [0.2, 0.25) is 0 Å². The number of ether oxygens (including phenoxy) is 1. The van der Waals surface area contributed by atoms with Crippen molar-refractivity contribution in [2.75, 3.05) is 11.5 Å². The molecule has 0 unspecified atom stereocenters. The van der Waals surface area contributed by atoms with Crippen molar-refractivity contribution in [2.45, 2.75) is 105 Å². The lowest BCUT2D eigenvalue weighted by Crippen LogP contribution is -2.49. The number of benzene rings is 1. The maximum atomic E-state index is 13.3. The molecule has 0 saturated carbocycles. The first-order valence-electron chi connectivity index (χ1n) is 13.5. The number of phenols is 1. The third kappa shape index (κ3) is 7.51. The first kappa shape index (κ1) is 30.0. The van der Waals surface area contributed by atoms with Crippen molar-refractivity contribution < 1.29 is 19.7 Å². The number of aromatic hydroxyl groups is 1. The van der Waals surface area contributed by atoms with E-state index in [0.717, 1.165) is 36.3 Å². The lowest BCUT2D eigenvalue weighted by Gasteiger charge is -2.41. The zero-order valence-electron chi connectivity index (χ0n) is 23.6. The molecule has 0 aromatic heterocycles. The van der Waals surface area contributed by atoms with Crippen LogP contribution in [0.25, 0.3) is 0 Å². The number of rotatable bonds is 12. The first-order valence-corrected chi connectivity index (χ1v) is 16.0. The van der Waals surface area contributed by atoms with E-state index in [-0.39, 0.29) is 17.7 Å². The normalized spacial score (nSPS) is 22.1. The zero-order chi connectivity index (χ0) is 27.3. The smallest absolute Gasteiger partial charge is 0.255 e. The number of nitrogens with zero attached hydrogens (tertiary/aromatic N) is 1. The maximum Gasteiger partial charge on any atom is 0.255 e. The van der Waals surface area contributed by atoms with Crippen molar-refractivity contribution in [2.24, 2.45) is 5.92 Å². The minimum Gasteiger partial charge on any atom is -0.508 e. The summed E-state index contributed by atoms with van der Waals surface area (Å²) in [6.45, 7) is 15.3. The fraction of sp³-hybridized carbons (Fsp3) is 0.633. The third-order valence-electron chi connectivity index (χ3n) is 7.27. The number of hydrogen-bond donors (Lipinski definition) is 2. The van der Waals surface area contributed by atoms with Gasteiger partial charge in [-0.15, -0.1) is 0 Å². The molecule has 7 heteroatoms. The molecule has 2 N–H and O–H groups in total. The molecule has 2 heterocycles. The summed E-state index contributed by atoms with van der Waals surface area (Å²) in [6, 6.07) is 1.64. The summed E-state index contributed by atoms with van der Waals surface area (Å²) in [4.78, 5) is 15.2. The van der Waals surface area contributed by atoms with E-state index in [2.05, 4.69) is 53.7 Å². The zero-order valence-corrected chi connectivity index (χ0v) is 25.2. The summed E-state index contributed by atoms with van der Waals surface area (Å²) >= 11 is 0. The summed E-state index contributed by atoms with van der Waals surface area (Å²) < 4.78 is 6.51. The van der Waals surface area contributed by atoms with Crippen molar-refractivity contribution >= 4 is 27.5 Å². The van der Waals surface area contributed by atoms with Crippen LogP contribution < -0.4 is 4.74 Å². The molecule has 3 rings (SSSR count). The molecule has 0 aliphatic carbocycles. The van der Waals surface area contributed by atoms with Crippen LogP contribution in [0.15, 0.2) is 29.4 Å². The number of aliphatic hydroxyl groups excluding tert-OH is 1. The number of phenolic OH excluding ortho intramolecular Hbond substituents is 1. The highest BCUT2D eigenvalue weighted by Gasteiger charge is 2.44. The van der Waals surface area contributed by atoms with Crippen molar-refractivity contribution in [3.8, 4) is 11.5 Å². The topological polar surface area (TPSA) is 70.0 Å². The Morgan fingerprint density at radius 2 is 1.86 bits per heavy atom. The van der Waals surface area contributed by atoms with Gasteiger partial charge in [0.15, 0.2) is 0 Å². The summed E-state index contributed by atoms with van der Waals surface area (Å²) in [6.07, 6.45) is 7.62. The average molecular weight is 548 g/mol. The van der Waals surface area contributed by atoms with Gasteiger partial charge in [-0.2, -0.15) is 0 Å². The first-order chi connectivity index (χ1) is 17.4. The van der Waals surface area contributed by atoms with Gasteiger partial charge in [0.2, 0.25) is 0 Å². The molecule has 0 fully saturated rings. The number of fused-ring (bicyclic) bond motifs is 3. The highest BCUT2D eigenvalue weighted by molar-refractivity contribution is 8.76. The Hall–Kier alpha value is -1.57. The van der Waals surface area contributed by atoms with Gasteiger partial charge in [-0.05, 0) is 72.3 Å². The fourth-order valence-electron chi connectivity index (χ4n) is 4.80. The molecule has 1 amide bonds. The molecule has 0 spiro atoms. The van der Waals surface area contributed by atoms with Gasteiger partial charge < -0.3 is 19.8 Å². The van der Waals surface area contributed by atoms with Gasteiger partial charge in [-0.25, -0.2) is 0 Å². The van der Waals surface area contributed by atoms with E-state index in [4.69, 9.17) is 4.74 Å². The second kappa shape index (κ2) is 13.0. The molecule has 37 heavy (non-hydrogen) atoms. The molecule has 0 bridgehead atoms. The lowest BCUT2D eigenvalue weighted by atomic mass is 9.84. The fourth-order valence-corrected chi connectivity index (χ4v) is 7.62. The van der Waals surface area contributed by atoms with Gasteiger partial charge in [0.05, 0.1) is 18.2 Å². The van der Waals surface area contributed by atoms with E-state index in [1.54, 1.807) is 6.07 Å².